The summed E-state index contributed by atoms with van der Waals surface area (Å²) in [5.41, 5.74) is 0.0309. The number of amides is 1. The first-order valence-electron chi connectivity index (χ1n) is 6.73. The van der Waals surface area contributed by atoms with E-state index in [2.05, 4.69) is 0 Å². The van der Waals surface area contributed by atoms with Crippen molar-refractivity contribution in [2.24, 2.45) is 5.92 Å². The van der Waals surface area contributed by atoms with Gasteiger partial charge in [0.1, 0.15) is 5.75 Å². The van der Waals surface area contributed by atoms with Gasteiger partial charge >= 0.3 is 0 Å². The van der Waals surface area contributed by atoms with E-state index in [4.69, 9.17) is 4.74 Å². The van der Waals surface area contributed by atoms with Gasteiger partial charge in [0.05, 0.1) is 23.7 Å². The van der Waals surface area contributed by atoms with Gasteiger partial charge in [0.25, 0.3) is 11.6 Å². The first kappa shape index (κ1) is 15.2. The molecule has 0 spiro atoms. The lowest BCUT2D eigenvalue weighted by atomic mass is 10.0. The molecule has 0 saturated carbocycles. The third kappa shape index (κ3) is 3.13. The zero-order valence-electron chi connectivity index (χ0n) is 12.0. The Morgan fingerprint density at radius 2 is 2.29 bits per heavy atom. The normalized spacial score (nSPS) is 19.4. The molecule has 7 nitrogen and oxygen atoms in total. The molecule has 114 valence electrons. The molecule has 1 fully saturated rings. The summed E-state index contributed by atoms with van der Waals surface area (Å²) in [5, 5.41) is 20.4. The Labute approximate surface area is 122 Å². The number of rotatable bonds is 4. The number of nitro benzene ring substituents is 1. The van der Waals surface area contributed by atoms with Crippen molar-refractivity contribution >= 4 is 11.6 Å². The fourth-order valence-corrected chi connectivity index (χ4v) is 2.51. The van der Waals surface area contributed by atoms with E-state index in [1.807, 2.05) is 0 Å². The second-order valence-electron chi connectivity index (χ2n) is 5.18. The number of benzene rings is 1. The molecule has 0 bridgehead atoms. The average Bonchev–Trinajstić information content (AvgIpc) is 2.95. The summed E-state index contributed by atoms with van der Waals surface area (Å²) < 4.78 is 5.12. The number of nitrogens with zero attached hydrogens (tertiary/aromatic N) is 2. The number of aliphatic hydroxyl groups is 1. The third-order valence-corrected chi connectivity index (χ3v) is 3.82. The van der Waals surface area contributed by atoms with E-state index >= 15 is 0 Å². The van der Waals surface area contributed by atoms with E-state index in [0.717, 1.165) is 6.42 Å². The van der Waals surface area contributed by atoms with Gasteiger partial charge in [-0.05, 0) is 19.4 Å². The lowest BCUT2D eigenvalue weighted by Gasteiger charge is -2.19. The molecule has 1 aliphatic rings. The van der Waals surface area contributed by atoms with Crippen molar-refractivity contribution in [3.63, 3.8) is 0 Å². The summed E-state index contributed by atoms with van der Waals surface area (Å²) in [5.74, 6) is 0.0449. The Morgan fingerprint density at radius 1 is 1.57 bits per heavy atom. The predicted molar refractivity (Wildman–Crippen MR) is 75.3 cm³/mol. The third-order valence-electron chi connectivity index (χ3n) is 3.82. The molecule has 1 saturated heterocycles. The smallest absolute Gasteiger partial charge is 0.270 e. The van der Waals surface area contributed by atoms with Gasteiger partial charge in [-0.1, -0.05) is 0 Å². The molecular formula is C14H18N2O5. The molecule has 2 atom stereocenters. The van der Waals surface area contributed by atoms with Crippen LogP contribution >= 0.6 is 0 Å². The number of carbonyl (C=O) groups is 1. The van der Waals surface area contributed by atoms with Gasteiger partial charge in [0.2, 0.25) is 0 Å². The van der Waals surface area contributed by atoms with Crippen LogP contribution in [0.4, 0.5) is 5.69 Å². The molecule has 1 N–H and O–H groups in total. The van der Waals surface area contributed by atoms with E-state index in [0.29, 0.717) is 18.8 Å². The molecule has 0 aliphatic carbocycles. The van der Waals surface area contributed by atoms with Crippen LogP contribution in [0.1, 0.15) is 23.7 Å². The minimum absolute atomic E-state index is 0.0404. The molecule has 2 unspecified atom stereocenters. The zero-order chi connectivity index (χ0) is 15.6. The maximum absolute atomic E-state index is 12.5. The maximum atomic E-state index is 12.5. The number of methoxy groups -OCH3 is 1. The molecule has 1 amide bonds. The Hall–Kier alpha value is -2.15. The van der Waals surface area contributed by atoms with Crippen molar-refractivity contribution in [1.82, 2.24) is 4.90 Å². The fourth-order valence-electron chi connectivity index (χ4n) is 2.51. The van der Waals surface area contributed by atoms with Crippen LogP contribution in [0.15, 0.2) is 18.2 Å². The van der Waals surface area contributed by atoms with Gasteiger partial charge in [-0.3, -0.25) is 14.9 Å². The Balaban J connectivity index is 2.26. The lowest BCUT2D eigenvalue weighted by molar-refractivity contribution is -0.384. The average molecular weight is 294 g/mol. The Morgan fingerprint density at radius 3 is 2.81 bits per heavy atom. The first-order chi connectivity index (χ1) is 9.93. The highest BCUT2D eigenvalue weighted by Gasteiger charge is 2.31. The number of hydrogen-bond acceptors (Lipinski definition) is 5. The van der Waals surface area contributed by atoms with Crippen LogP contribution in [0.5, 0.6) is 5.75 Å². The minimum Gasteiger partial charge on any atom is -0.496 e. The van der Waals surface area contributed by atoms with Crippen LogP contribution < -0.4 is 4.74 Å². The number of ether oxygens (including phenoxy) is 1. The van der Waals surface area contributed by atoms with Crippen LogP contribution in [0.2, 0.25) is 0 Å². The van der Waals surface area contributed by atoms with Crippen LogP contribution in [0.25, 0.3) is 0 Å². The van der Waals surface area contributed by atoms with Gasteiger partial charge in [-0.2, -0.15) is 0 Å². The molecule has 7 heteroatoms. The van der Waals surface area contributed by atoms with Crippen LogP contribution in [0, 0.1) is 16.0 Å². The molecule has 0 radical (unpaired) electrons. The summed E-state index contributed by atoms with van der Waals surface area (Å²) in [4.78, 5) is 24.4. The quantitative estimate of drug-likeness (QED) is 0.670. The SMILES string of the molecule is COc1ccc([N+](=O)[O-])cc1C(=O)N1CCC(C(C)O)C1. The largest absolute Gasteiger partial charge is 0.496 e. The van der Waals surface area contributed by atoms with E-state index in [1.54, 1.807) is 11.8 Å². The number of hydrogen-bond donors (Lipinski definition) is 1. The van der Waals surface area contributed by atoms with E-state index < -0.39 is 11.0 Å². The molecule has 1 heterocycles. The number of carbonyl (C=O) groups excluding carboxylic acids is 1. The first-order valence-corrected chi connectivity index (χ1v) is 6.73. The van der Waals surface area contributed by atoms with Gasteiger partial charge in [-0.15, -0.1) is 0 Å². The number of likely N-dealkylation sites (tertiary alicyclic amines) is 1. The van der Waals surface area contributed by atoms with Crippen molar-refractivity contribution in [1.29, 1.82) is 0 Å². The van der Waals surface area contributed by atoms with Crippen molar-refractivity contribution in [3.05, 3.63) is 33.9 Å². The summed E-state index contributed by atoms with van der Waals surface area (Å²) in [6, 6.07) is 3.96. The van der Waals surface area contributed by atoms with Crippen molar-refractivity contribution in [2.45, 2.75) is 19.4 Å². The second-order valence-corrected chi connectivity index (χ2v) is 5.18. The highest BCUT2D eigenvalue weighted by molar-refractivity contribution is 5.97. The summed E-state index contributed by atoms with van der Waals surface area (Å²) >= 11 is 0. The standard InChI is InChI=1S/C14H18N2O5/c1-9(17)10-5-6-15(8-10)14(18)12-7-11(16(19)20)3-4-13(12)21-2/h3-4,7,9-10,17H,5-6,8H2,1-2H3. The molecule has 1 aliphatic heterocycles. The monoisotopic (exact) mass is 294 g/mol. The summed E-state index contributed by atoms with van der Waals surface area (Å²) in [6.07, 6.45) is 0.246. The van der Waals surface area contributed by atoms with Crippen LogP contribution in [-0.4, -0.2) is 47.1 Å². The molecule has 1 aromatic rings. The Bertz CT molecular complexity index is 558. The molecule has 2 rings (SSSR count). The van der Waals surface area contributed by atoms with E-state index in [9.17, 15) is 20.0 Å². The van der Waals surface area contributed by atoms with Crippen molar-refractivity contribution in [2.75, 3.05) is 20.2 Å². The molecule has 0 aromatic heterocycles. The van der Waals surface area contributed by atoms with Gasteiger partial charge < -0.3 is 14.7 Å². The summed E-state index contributed by atoms with van der Waals surface area (Å²) in [7, 11) is 1.42. The maximum Gasteiger partial charge on any atom is 0.270 e. The molecule has 1 aromatic carbocycles. The minimum atomic E-state index is -0.543. The highest BCUT2D eigenvalue weighted by atomic mass is 16.6. The number of non-ortho nitro benzene ring substituents is 1. The topological polar surface area (TPSA) is 92.9 Å². The Kier molecular flexibility index (Phi) is 4.42. The highest BCUT2D eigenvalue weighted by Crippen LogP contribution is 2.28. The van der Waals surface area contributed by atoms with Gasteiger partial charge in [-0.25, -0.2) is 0 Å². The van der Waals surface area contributed by atoms with Crippen LogP contribution in [-0.2, 0) is 0 Å². The fraction of sp³-hybridized carbons (Fsp3) is 0.500. The van der Waals surface area contributed by atoms with Gasteiger partial charge in [0.15, 0.2) is 0 Å². The van der Waals surface area contributed by atoms with E-state index in [-0.39, 0.29) is 23.1 Å². The number of aliphatic hydroxyl groups excluding tert-OH is 1. The summed E-state index contributed by atoms with van der Waals surface area (Å²) in [6.45, 7) is 2.68. The van der Waals surface area contributed by atoms with Crippen LogP contribution in [0.3, 0.4) is 0 Å². The van der Waals surface area contributed by atoms with E-state index in [1.165, 1.54) is 25.3 Å². The zero-order valence-corrected chi connectivity index (χ0v) is 12.0. The second kappa shape index (κ2) is 6.09. The lowest BCUT2D eigenvalue weighted by Crippen LogP contribution is -2.30. The molecule has 21 heavy (non-hydrogen) atoms. The van der Waals surface area contributed by atoms with Crippen molar-refractivity contribution in [3.8, 4) is 5.75 Å². The number of nitro groups is 1. The predicted octanol–water partition coefficient (Wildman–Crippen LogP) is 1.45. The van der Waals surface area contributed by atoms with Gasteiger partial charge in [0, 0.05) is 31.1 Å². The van der Waals surface area contributed by atoms with Crippen molar-refractivity contribution < 1.29 is 19.6 Å². The molecular weight excluding hydrogens is 276 g/mol.